The van der Waals surface area contributed by atoms with Gasteiger partial charge in [-0.1, -0.05) is 30.3 Å². The van der Waals surface area contributed by atoms with Gasteiger partial charge < -0.3 is 14.5 Å². The molecule has 1 N–H and O–H groups in total. The van der Waals surface area contributed by atoms with Crippen molar-refractivity contribution in [2.75, 3.05) is 24.5 Å². The van der Waals surface area contributed by atoms with Crippen molar-refractivity contribution in [3.63, 3.8) is 0 Å². The molecule has 8 heteroatoms. The Balaban J connectivity index is 1.27. The Kier molecular flexibility index (Phi) is 4.88. The van der Waals surface area contributed by atoms with Gasteiger partial charge in [-0.25, -0.2) is 4.79 Å². The largest absolute Gasteiger partial charge is 0.445 e. The van der Waals surface area contributed by atoms with Crippen LogP contribution in [0.3, 0.4) is 0 Å². The van der Waals surface area contributed by atoms with Crippen LogP contribution in [0.1, 0.15) is 18.4 Å². The number of carbonyl (C=O) groups excluding carboxylic acids is 2. The van der Waals surface area contributed by atoms with Gasteiger partial charge in [0.15, 0.2) is 0 Å². The molecule has 0 bridgehead atoms. The lowest BCUT2D eigenvalue weighted by atomic mass is 9.85. The third-order valence-corrected chi connectivity index (χ3v) is 6.96. The van der Waals surface area contributed by atoms with Crippen LogP contribution in [-0.4, -0.2) is 46.7 Å². The van der Waals surface area contributed by atoms with Crippen LogP contribution in [0.25, 0.3) is 10.9 Å². The lowest BCUT2D eigenvalue weighted by Gasteiger charge is -2.23. The summed E-state index contributed by atoms with van der Waals surface area (Å²) in [5, 5.41) is 8.24. The topological polar surface area (TPSA) is 78.5 Å². The molecule has 3 aromatic rings. The average molecular weight is 516 g/mol. The van der Waals surface area contributed by atoms with Gasteiger partial charge >= 0.3 is 6.09 Å². The normalized spacial score (nSPS) is 21.2. The van der Waals surface area contributed by atoms with Gasteiger partial charge in [0.25, 0.3) is 0 Å². The van der Waals surface area contributed by atoms with E-state index in [2.05, 4.69) is 32.8 Å². The Labute approximate surface area is 187 Å². The smallest absolute Gasteiger partial charge is 0.410 e. The lowest BCUT2D eigenvalue weighted by Crippen LogP contribution is -2.38. The summed E-state index contributed by atoms with van der Waals surface area (Å²) in [6.45, 7) is 1.87. The SMILES string of the molecule is O=C(OCc1ccccc1)N1CC[C@]2(CCN(c3ccc4n[nH]c(I)c4c3)C2=O)C1. The Morgan fingerprint density at radius 2 is 1.97 bits per heavy atom. The van der Waals surface area contributed by atoms with E-state index in [1.165, 1.54) is 0 Å². The lowest BCUT2D eigenvalue weighted by molar-refractivity contribution is -0.124. The molecule has 2 amide bonds. The molecule has 154 valence electrons. The number of hydrogen-bond donors (Lipinski definition) is 1. The minimum atomic E-state index is -0.510. The zero-order valence-electron chi connectivity index (χ0n) is 16.3. The molecule has 1 atom stereocenters. The third kappa shape index (κ3) is 3.32. The first kappa shape index (κ1) is 19.3. The fourth-order valence-electron chi connectivity index (χ4n) is 4.42. The van der Waals surface area contributed by atoms with Crippen molar-refractivity contribution in [3.05, 3.63) is 57.8 Å². The molecule has 7 nitrogen and oxygen atoms in total. The number of likely N-dealkylation sites (tertiary alicyclic amines) is 1. The molecule has 5 rings (SSSR count). The molecular formula is C22H21IN4O3. The van der Waals surface area contributed by atoms with Gasteiger partial charge in [-0.05, 0) is 59.2 Å². The van der Waals surface area contributed by atoms with Crippen LogP contribution >= 0.6 is 22.6 Å². The maximum absolute atomic E-state index is 13.4. The number of halogens is 1. The van der Waals surface area contributed by atoms with E-state index in [9.17, 15) is 9.59 Å². The number of H-pyrrole nitrogens is 1. The summed E-state index contributed by atoms with van der Waals surface area (Å²) in [7, 11) is 0. The number of nitrogens with one attached hydrogen (secondary N) is 1. The van der Waals surface area contributed by atoms with Gasteiger partial charge in [-0.15, -0.1) is 0 Å². The van der Waals surface area contributed by atoms with Crippen LogP contribution in [0.2, 0.25) is 0 Å². The number of fused-ring (bicyclic) bond motifs is 1. The highest BCUT2D eigenvalue weighted by Gasteiger charge is 2.52. The van der Waals surface area contributed by atoms with E-state index < -0.39 is 5.41 Å². The Morgan fingerprint density at radius 3 is 2.80 bits per heavy atom. The van der Waals surface area contributed by atoms with Gasteiger partial charge in [0.2, 0.25) is 5.91 Å². The van der Waals surface area contributed by atoms with Gasteiger partial charge in [-0.2, -0.15) is 5.10 Å². The Bertz CT molecular complexity index is 1120. The number of aromatic nitrogens is 2. The summed E-state index contributed by atoms with van der Waals surface area (Å²) in [6.07, 6.45) is 1.07. The first-order chi connectivity index (χ1) is 14.6. The minimum absolute atomic E-state index is 0.0960. The predicted octanol–water partition coefficient (Wildman–Crippen LogP) is 3.93. The number of nitrogens with zero attached hydrogens (tertiary/aromatic N) is 3. The van der Waals surface area contributed by atoms with Crippen molar-refractivity contribution in [1.82, 2.24) is 15.1 Å². The Hall–Kier alpha value is -2.62. The van der Waals surface area contributed by atoms with Crippen LogP contribution in [0, 0.1) is 9.12 Å². The summed E-state index contributed by atoms with van der Waals surface area (Å²) in [6, 6.07) is 15.5. The van der Waals surface area contributed by atoms with Gasteiger partial charge in [0.1, 0.15) is 10.3 Å². The number of carbonyl (C=O) groups is 2. The number of aromatic amines is 1. The second-order valence-corrected chi connectivity index (χ2v) is 9.02. The zero-order valence-corrected chi connectivity index (χ0v) is 18.5. The molecular weight excluding hydrogens is 495 g/mol. The number of rotatable bonds is 3. The molecule has 1 aromatic heterocycles. The first-order valence-corrected chi connectivity index (χ1v) is 11.0. The molecule has 0 saturated carbocycles. The molecule has 2 saturated heterocycles. The van der Waals surface area contributed by atoms with Crippen LogP contribution in [-0.2, 0) is 16.1 Å². The van der Waals surface area contributed by atoms with E-state index in [4.69, 9.17) is 4.74 Å². The van der Waals surface area contributed by atoms with Gasteiger partial charge in [0.05, 0.1) is 10.9 Å². The van der Waals surface area contributed by atoms with Crippen molar-refractivity contribution in [3.8, 4) is 0 Å². The molecule has 30 heavy (non-hydrogen) atoms. The van der Waals surface area contributed by atoms with E-state index in [1.54, 1.807) is 4.90 Å². The molecule has 3 heterocycles. The molecule has 2 aromatic carbocycles. The molecule has 2 aliphatic rings. The average Bonchev–Trinajstić information content (AvgIpc) is 3.46. The van der Waals surface area contributed by atoms with Crippen LogP contribution in [0.5, 0.6) is 0 Å². The standard InChI is InChI=1S/C22H21IN4O3/c23-19-17-12-16(6-7-18(17)24-25-19)27-11-9-22(20(27)28)8-10-26(14-22)21(29)30-13-15-4-2-1-3-5-15/h1-7,12H,8-11,13-14H2,(H,24,25)/t22-/m0/s1. The zero-order chi connectivity index (χ0) is 20.7. The molecule has 1 spiro atoms. The summed E-state index contributed by atoms with van der Waals surface area (Å²) in [5.74, 6) is 0.0960. The van der Waals surface area contributed by atoms with E-state index in [1.807, 2.05) is 53.4 Å². The van der Waals surface area contributed by atoms with Gasteiger partial charge in [-0.3, -0.25) is 9.89 Å². The van der Waals surface area contributed by atoms with E-state index >= 15 is 0 Å². The van der Waals surface area contributed by atoms with Crippen molar-refractivity contribution in [1.29, 1.82) is 0 Å². The fourth-order valence-corrected chi connectivity index (χ4v) is 4.97. The second kappa shape index (κ2) is 7.57. The highest BCUT2D eigenvalue weighted by Crippen LogP contribution is 2.43. The van der Waals surface area contributed by atoms with Crippen molar-refractivity contribution >= 4 is 51.2 Å². The summed E-state index contributed by atoms with van der Waals surface area (Å²) < 4.78 is 6.42. The minimum Gasteiger partial charge on any atom is -0.445 e. The quantitative estimate of drug-likeness (QED) is 0.536. The van der Waals surface area contributed by atoms with Gasteiger partial charge in [0, 0.05) is 30.7 Å². The fraction of sp³-hybridized carbons (Fsp3) is 0.318. The number of hydrogen-bond acceptors (Lipinski definition) is 4. The summed E-state index contributed by atoms with van der Waals surface area (Å²) in [4.78, 5) is 29.4. The molecule has 0 radical (unpaired) electrons. The third-order valence-electron chi connectivity index (χ3n) is 6.13. The van der Waals surface area contributed by atoms with E-state index in [-0.39, 0.29) is 18.6 Å². The molecule has 2 aliphatic heterocycles. The van der Waals surface area contributed by atoms with E-state index in [0.717, 1.165) is 32.3 Å². The van der Waals surface area contributed by atoms with Crippen LogP contribution in [0.4, 0.5) is 10.5 Å². The maximum atomic E-state index is 13.4. The predicted molar refractivity (Wildman–Crippen MR) is 121 cm³/mol. The first-order valence-electron chi connectivity index (χ1n) is 9.97. The second-order valence-electron chi connectivity index (χ2n) is 7.94. The number of anilines is 1. The Morgan fingerprint density at radius 1 is 1.17 bits per heavy atom. The van der Waals surface area contributed by atoms with E-state index in [0.29, 0.717) is 26.1 Å². The summed E-state index contributed by atoms with van der Waals surface area (Å²) >= 11 is 2.21. The summed E-state index contributed by atoms with van der Waals surface area (Å²) in [5.41, 5.74) is 2.21. The highest BCUT2D eigenvalue weighted by atomic mass is 127. The number of ether oxygens (including phenoxy) is 1. The maximum Gasteiger partial charge on any atom is 0.410 e. The van der Waals surface area contributed by atoms with Crippen molar-refractivity contribution in [2.45, 2.75) is 19.4 Å². The number of amides is 2. The highest BCUT2D eigenvalue weighted by molar-refractivity contribution is 14.1. The van der Waals surface area contributed by atoms with Crippen LogP contribution in [0.15, 0.2) is 48.5 Å². The van der Waals surface area contributed by atoms with Crippen molar-refractivity contribution in [2.24, 2.45) is 5.41 Å². The van der Waals surface area contributed by atoms with Crippen LogP contribution < -0.4 is 4.90 Å². The number of benzene rings is 2. The molecule has 0 unspecified atom stereocenters. The molecule has 2 fully saturated rings. The monoisotopic (exact) mass is 516 g/mol. The molecule has 0 aliphatic carbocycles. The van der Waals surface area contributed by atoms with Crippen molar-refractivity contribution < 1.29 is 14.3 Å².